The highest BCUT2D eigenvalue weighted by atomic mass is 14.4. The van der Waals surface area contributed by atoms with Crippen molar-refractivity contribution in [2.75, 3.05) is 0 Å². The molecule has 0 aromatic heterocycles. The molecule has 3 unspecified atom stereocenters. The Morgan fingerprint density at radius 3 is 2.92 bits per heavy atom. The van der Waals surface area contributed by atoms with Crippen molar-refractivity contribution in [1.29, 1.82) is 0 Å². The monoisotopic (exact) mass is 162 g/mol. The number of hydrogen-bond donors (Lipinski definition) is 0. The molecule has 0 saturated heterocycles. The highest BCUT2D eigenvalue weighted by Gasteiger charge is 2.34. The van der Waals surface area contributed by atoms with E-state index in [4.69, 9.17) is 0 Å². The molecule has 0 aromatic carbocycles. The summed E-state index contributed by atoms with van der Waals surface area (Å²) in [7, 11) is 0. The van der Waals surface area contributed by atoms with Crippen molar-refractivity contribution in [2.24, 2.45) is 17.8 Å². The normalized spacial score (nSPS) is 42.7. The summed E-state index contributed by atoms with van der Waals surface area (Å²) >= 11 is 0. The first-order valence-electron chi connectivity index (χ1n) is 5.15. The van der Waals surface area contributed by atoms with Gasteiger partial charge >= 0.3 is 0 Å². The first kappa shape index (κ1) is 8.34. The predicted molar refractivity (Wildman–Crippen MR) is 52.4 cm³/mol. The van der Waals surface area contributed by atoms with Crippen LogP contribution >= 0.6 is 0 Å². The first-order chi connectivity index (χ1) is 5.79. The highest BCUT2D eigenvalue weighted by molar-refractivity contribution is 5.24. The van der Waals surface area contributed by atoms with Crippen molar-refractivity contribution in [1.82, 2.24) is 0 Å². The Labute approximate surface area is 76.1 Å². The van der Waals surface area contributed by atoms with Crippen LogP contribution < -0.4 is 0 Å². The van der Waals surface area contributed by atoms with Crippen LogP contribution in [0.2, 0.25) is 0 Å². The first-order valence-corrected chi connectivity index (χ1v) is 5.15. The third kappa shape index (κ3) is 1.32. The lowest BCUT2D eigenvalue weighted by atomic mass is 9.64. The maximum Gasteiger partial charge on any atom is 0.00373 e. The molecule has 2 aliphatic carbocycles. The van der Waals surface area contributed by atoms with E-state index in [1.54, 1.807) is 5.92 Å². The molecule has 0 amide bonds. The highest BCUT2D eigenvalue weighted by Crippen LogP contribution is 2.44. The summed E-state index contributed by atoms with van der Waals surface area (Å²) in [5, 5.41) is 0. The second-order valence-electron chi connectivity index (χ2n) is 4.32. The molecule has 0 heteroatoms. The Hall–Kier alpha value is -0.260. The Bertz CT molecular complexity index is 180. The van der Waals surface area contributed by atoms with E-state index in [1.165, 1.54) is 19.3 Å². The van der Waals surface area contributed by atoms with E-state index in [-0.39, 0.29) is 0 Å². The van der Waals surface area contributed by atoms with Crippen molar-refractivity contribution in [3.63, 3.8) is 0 Å². The van der Waals surface area contributed by atoms with Crippen LogP contribution in [-0.4, -0.2) is 0 Å². The molecule has 1 saturated carbocycles. The van der Waals surface area contributed by atoms with Crippen LogP contribution in [0.3, 0.4) is 0 Å². The fourth-order valence-electron chi connectivity index (χ4n) is 2.61. The van der Waals surface area contributed by atoms with Crippen molar-refractivity contribution in [2.45, 2.75) is 33.1 Å². The molecule has 12 heavy (non-hydrogen) atoms. The van der Waals surface area contributed by atoms with Gasteiger partial charge in [-0.15, -0.1) is 0 Å². The zero-order chi connectivity index (χ0) is 8.55. The fraction of sp³-hybridized carbons (Fsp3) is 0.667. The zero-order valence-corrected chi connectivity index (χ0v) is 8.09. The average Bonchev–Trinajstić information content (AvgIpc) is 2.12. The standard InChI is InChI=1S/C12H18/c1-9-7-8-10(2)12-6-4-3-5-11(9)12/h3,5,7,9-10,12H,4,6,8H2,1-2H3. The second kappa shape index (κ2) is 3.24. The molecule has 2 radical (unpaired) electrons. The van der Waals surface area contributed by atoms with E-state index in [1.807, 2.05) is 0 Å². The molecule has 0 N–H and O–H groups in total. The molecule has 0 nitrogen and oxygen atoms in total. The molecular weight excluding hydrogens is 144 g/mol. The number of allylic oxidation sites excluding steroid dienone is 2. The molecule has 0 heterocycles. The lowest BCUT2D eigenvalue weighted by molar-refractivity contribution is 0.279. The third-order valence-corrected chi connectivity index (χ3v) is 3.46. The SMILES string of the molecule is CC1[CH]CC(C)C2CCC=C[C]12. The maximum absolute atomic E-state index is 2.48. The van der Waals surface area contributed by atoms with Gasteiger partial charge in [-0.25, -0.2) is 0 Å². The summed E-state index contributed by atoms with van der Waals surface area (Å²) in [6, 6.07) is 0. The summed E-state index contributed by atoms with van der Waals surface area (Å²) in [6.45, 7) is 4.73. The Balaban J connectivity index is 2.14. The van der Waals surface area contributed by atoms with Gasteiger partial charge in [0.2, 0.25) is 0 Å². The zero-order valence-electron chi connectivity index (χ0n) is 8.09. The Morgan fingerprint density at radius 1 is 1.33 bits per heavy atom. The molecule has 2 aliphatic rings. The number of rotatable bonds is 0. The minimum atomic E-state index is 0.739. The van der Waals surface area contributed by atoms with Gasteiger partial charge in [-0.1, -0.05) is 26.0 Å². The van der Waals surface area contributed by atoms with Gasteiger partial charge in [0.1, 0.15) is 0 Å². The second-order valence-corrected chi connectivity index (χ2v) is 4.32. The van der Waals surface area contributed by atoms with Crippen LogP contribution in [0.25, 0.3) is 0 Å². The van der Waals surface area contributed by atoms with Crippen molar-refractivity contribution < 1.29 is 0 Å². The van der Waals surface area contributed by atoms with Gasteiger partial charge in [-0.2, -0.15) is 0 Å². The van der Waals surface area contributed by atoms with Gasteiger partial charge in [0.25, 0.3) is 0 Å². The van der Waals surface area contributed by atoms with E-state index in [9.17, 15) is 0 Å². The smallest absolute Gasteiger partial charge is 0.00373 e. The quantitative estimate of drug-likeness (QED) is 0.512. The summed E-state index contributed by atoms with van der Waals surface area (Å²) in [5.74, 6) is 4.22. The lowest BCUT2D eigenvalue weighted by Crippen LogP contribution is -2.31. The van der Waals surface area contributed by atoms with Gasteiger partial charge in [-0.05, 0) is 43.4 Å². The van der Waals surface area contributed by atoms with Gasteiger partial charge in [-0.3, -0.25) is 0 Å². The molecule has 1 fully saturated rings. The molecular formula is C12H18. The minimum Gasteiger partial charge on any atom is -0.0879 e. The lowest BCUT2D eigenvalue weighted by Gasteiger charge is -2.40. The van der Waals surface area contributed by atoms with E-state index in [2.05, 4.69) is 32.4 Å². The molecule has 0 aromatic rings. The largest absolute Gasteiger partial charge is 0.0879 e. The van der Waals surface area contributed by atoms with E-state index in [0.717, 1.165) is 17.8 Å². The molecule has 0 bridgehead atoms. The van der Waals surface area contributed by atoms with E-state index >= 15 is 0 Å². The molecule has 2 rings (SSSR count). The minimum absolute atomic E-state index is 0.739. The van der Waals surface area contributed by atoms with Crippen LogP contribution in [0.5, 0.6) is 0 Å². The van der Waals surface area contributed by atoms with Crippen LogP contribution in [0.1, 0.15) is 33.1 Å². The van der Waals surface area contributed by atoms with E-state index < -0.39 is 0 Å². The fourth-order valence-corrected chi connectivity index (χ4v) is 2.61. The summed E-state index contributed by atoms with van der Waals surface area (Å²) in [6.07, 6.45) is 11.2. The third-order valence-electron chi connectivity index (χ3n) is 3.46. The average molecular weight is 162 g/mol. The van der Waals surface area contributed by atoms with Crippen molar-refractivity contribution in [3.05, 3.63) is 24.5 Å². The number of hydrogen-bond acceptors (Lipinski definition) is 0. The molecule has 0 aliphatic heterocycles. The van der Waals surface area contributed by atoms with E-state index in [0.29, 0.717) is 0 Å². The Morgan fingerprint density at radius 2 is 2.17 bits per heavy atom. The Kier molecular flexibility index (Phi) is 2.25. The van der Waals surface area contributed by atoms with Gasteiger partial charge in [0, 0.05) is 5.92 Å². The van der Waals surface area contributed by atoms with Crippen molar-refractivity contribution >= 4 is 0 Å². The van der Waals surface area contributed by atoms with Crippen LogP contribution in [0.15, 0.2) is 12.2 Å². The van der Waals surface area contributed by atoms with Crippen molar-refractivity contribution in [3.8, 4) is 0 Å². The molecule has 66 valence electrons. The number of fused-ring (bicyclic) bond motifs is 1. The van der Waals surface area contributed by atoms with Gasteiger partial charge < -0.3 is 0 Å². The molecule has 0 spiro atoms. The van der Waals surface area contributed by atoms with Crippen LogP contribution in [0.4, 0.5) is 0 Å². The molecule has 3 atom stereocenters. The van der Waals surface area contributed by atoms with Crippen LogP contribution in [0, 0.1) is 30.1 Å². The summed E-state index contributed by atoms with van der Waals surface area (Å²) < 4.78 is 0. The summed E-state index contributed by atoms with van der Waals surface area (Å²) in [5.41, 5.74) is 0. The topological polar surface area (TPSA) is 0 Å². The van der Waals surface area contributed by atoms with Crippen LogP contribution in [-0.2, 0) is 0 Å². The summed E-state index contributed by atoms with van der Waals surface area (Å²) in [4.78, 5) is 0. The van der Waals surface area contributed by atoms with Gasteiger partial charge in [0.15, 0.2) is 0 Å². The van der Waals surface area contributed by atoms with Gasteiger partial charge in [0.05, 0.1) is 0 Å². The predicted octanol–water partition coefficient (Wildman–Crippen LogP) is 3.41. The maximum atomic E-state index is 2.48.